The van der Waals surface area contributed by atoms with Gasteiger partial charge in [-0.05, 0) is 77.2 Å². The van der Waals surface area contributed by atoms with Crippen molar-refractivity contribution >= 4 is 187 Å². The molecule has 0 amide bonds. The summed E-state index contributed by atoms with van der Waals surface area (Å²) in [5, 5.41) is 17.2. The van der Waals surface area contributed by atoms with Crippen molar-refractivity contribution in [1.82, 2.24) is 25.4 Å². The summed E-state index contributed by atoms with van der Waals surface area (Å²) in [4.78, 5) is 35.6. The maximum atomic E-state index is 11.7. The third-order valence-corrected chi connectivity index (χ3v) is 5.23. The number of aromatic amines is 1. The third kappa shape index (κ3) is 38.3. The largest absolute Gasteiger partial charge is 0.478 e. The Bertz CT molecular complexity index is 1850. The zero-order valence-electron chi connectivity index (χ0n) is 34.4. The van der Waals surface area contributed by atoms with Crippen molar-refractivity contribution < 1.29 is 52.5 Å². The molecule has 0 aromatic carbocycles. The number of aromatic nitrogens is 5. The van der Waals surface area contributed by atoms with E-state index in [4.69, 9.17) is 9.84 Å². The van der Waals surface area contributed by atoms with Crippen LogP contribution in [-0.4, -0.2) is 61.3 Å². The van der Waals surface area contributed by atoms with Gasteiger partial charge < -0.3 is 43.3 Å². The molecule has 5 aromatic rings. The molecule has 5 heterocycles. The number of rotatable bonds is 4. The Balaban J connectivity index is -0.000000201. The Kier molecular flexibility index (Phi) is 50.2. The van der Waals surface area contributed by atoms with Gasteiger partial charge in [0.15, 0.2) is 12.4 Å². The van der Waals surface area contributed by atoms with Crippen LogP contribution in [0.4, 0.5) is 0 Å². The number of aromatic carboxylic acids is 1. The Morgan fingerprint density at radius 3 is 1.54 bits per heavy atom. The maximum absolute atomic E-state index is 11.7. The minimum Gasteiger partial charge on any atom is -0.478 e. The molecule has 0 saturated carbocycles. The Labute approximate surface area is 457 Å². The average Bonchev–Trinajstić information content (AvgIpc) is 3.65. The van der Waals surface area contributed by atoms with Crippen LogP contribution in [0.3, 0.4) is 0 Å². The van der Waals surface area contributed by atoms with Gasteiger partial charge in [0, 0.05) is 49.0 Å². The van der Waals surface area contributed by atoms with E-state index in [0.717, 1.165) is 7.45 Å². The van der Waals surface area contributed by atoms with Crippen LogP contribution in [0.2, 0.25) is 0 Å². The van der Waals surface area contributed by atoms with Crippen LogP contribution in [0.1, 0.15) is 80.6 Å². The molecule has 5 aromatic heterocycles. The Hall–Kier alpha value is 0.154. The molecule has 20 heteroatoms. The molecule has 0 atom stereocenters. The minimum absolute atomic E-state index is 0. The van der Waals surface area contributed by atoms with Crippen LogP contribution in [0, 0.1) is 30.1 Å². The number of H-pyrrole nitrogens is 1. The number of fused-ring (bicyclic) bond motifs is 2. The molecule has 0 aliphatic rings. The van der Waals surface area contributed by atoms with Gasteiger partial charge in [-0.15, -0.1) is 0 Å². The second-order valence-electron chi connectivity index (χ2n) is 9.97. The van der Waals surface area contributed by atoms with Crippen LogP contribution < -0.4 is 11.1 Å². The van der Waals surface area contributed by atoms with E-state index >= 15 is 0 Å². The second kappa shape index (κ2) is 43.4. The number of aryl methyl sites for hydroxylation is 2. The van der Waals surface area contributed by atoms with Gasteiger partial charge in [-0.25, -0.2) is 28.4 Å². The molecule has 59 heavy (non-hydrogen) atoms. The molecule has 12 nitrogen and oxygen atoms in total. The van der Waals surface area contributed by atoms with Gasteiger partial charge in [0.1, 0.15) is 10.6 Å². The van der Waals surface area contributed by atoms with Gasteiger partial charge in [-0.1, -0.05) is 167 Å². The van der Waals surface area contributed by atoms with Crippen LogP contribution in [0.15, 0.2) is 79.4 Å². The molecule has 0 fully saturated rings. The van der Waals surface area contributed by atoms with Crippen LogP contribution in [-0.2, 0) is 32.8 Å². The molecular formula is C39H53I7N6O6V. The van der Waals surface area contributed by atoms with E-state index in [1.807, 2.05) is 72.4 Å². The molecule has 0 saturated heterocycles. The number of alkyl halides is 6. The number of carboxylic acids is 1. The molecule has 0 unspecified atom stereocenters. The number of esters is 2. The Morgan fingerprint density at radius 2 is 1.24 bits per heavy atom. The van der Waals surface area contributed by atoms with Crippen molar-refractivity contribution in [2.24, 2.45) is 0 Å². The Morgan fingerprint density at radius 1 is 0.864 bits per heavy atom. The van der Waals surface area contributed by atoms with E-state index in [-0.39, 0.29) is 36.2 Å². The van der Waals surface area contributed by atoms with Gasteiger partial charge in [0.05, 0.1) is 37.6 Å². The van der Waals surface area contributed by atoms with Crippen molar-refractivity contribution in [3.8, 4) is 11.8 Å². The van der Waals surface area contributed by atoms with Crippen molar-refractivity contribution in [2.75, 3.05) is 17.6 Å². The summed E-state index contributed by atoms with van der Waals surface area (Å²) < 4.78 is 17.1. The predicted octanol–water partition coefficient (Wildman–Crippen LogP) is 12.6. The molecule has 329 valence electrons. The average molecular weight is 1640 g/mol. The van der Waals surface area contributed by atoms with Crippen LogP contribution >= 0.6 is 158 Å². The number of hydrogen-bond donors (Lipinski definition) is 2. The first-order valence-electron chi connectivity index (χ1n) is 16.9. The fraction of sp³-hybridized carbons (Fsp3) is 0.359. The van der Waals surface area contributed by atoms with Gasteiger partial charge >= 0.3 is 17.9 Å². The molecule has 0 aliphatic heterocycles. The van der Waals surface area contributed by atoms with E-state index < -0.39 is 11.9 Å². The van der Waals surface area contributed by atoms with Crippen molar-refractivity contribution in [1.29, 1.82) is 0 Å². The fourth-order valence-electron chi connectivity index (χ4n) is 3.56. The van der Waals surface area contributed by atoms with Gasteiger partial charge in [-0.3, -0.25) is 4.43 Å². The van der Waals surface area contributed by atoms with Crippen LogP contribution in [0.25, 0.3) is 11.0 Å². The number of carbonyl (C=O) groups excluding carboxylic acids is 2. The summed E-state index contributed by atoms with van der Waals surface area (Å²) in [6, 6.07) is 16.8. The first-order valence-corrected chi connectivity index (χ1v) is 25.4. The maximum Gasteiger partial charge on any atom is 0.384 e. The molecule has 1 radical (unpaired) electrons. The first kappa shape index (κ1) is 68.2. The van der Waals surface area contributed by atoms with Gasteiger partial charge in [0.2, 0.25) is 0 Å². The summed E-state index contributed by atoms with van der Waals surface area (Å²) >= 11 is 16.2. The number of pyridine rings is 3. The number of carboxylic acid groups (broad SMARTS) is 1. The van der Waals surface area contributed by atoms with Crippen molar-refractivity contribution in [3.63, 3.8) is 0 Å². The number of nitrogens with zero attached hydrogens (tertiary/aromatic N) is 4. The summed E-state index contributed by atoms with van der Waals surface area (Å²) in [7, 11) is 0. The number of hydrogen-bond acceptors (Lipinski definition) is 8. The van der Waals surface area contributed by atoms with Crippen molar-refractivity contribution in [2.45, 2.75) is 63.7 Å². The molecular weight excluding hydrogens is 1590 g/mol. The number of carbonyl (C=O) groups is 3. The smallest absolute Gasteiger partial charge is 0.384 e. The van der Waals surface area contributed by atoms with E-state index in [9.17, 15) is 14.4 Å². The van der Waals surface area contributed by atoms with Crippen LogP contribution in [0.5, 0.6) is 0 Å². The zero-order chi connectivity index (χ0) is 44.4. The molecule has 0 spiro atoms. The quantitative estimate of drug-likeness (QED) is 0.0443. The second-order valence-corrected chi connectivity index (χ2v) is 31.5. The molecule has 5 rings (SSSR count). The summed E-state index contributed by atoms with van der Waals surface area (Å²) in [6.45, 7) is 17.8. The molecule has 5 N–H and O–H groups in total. The van der Waals surface area contributed by atoms with E-state index in [1.165, 1.54) is 4.43 Å². The van der Waals surface area contributed by atoms with E-state index in [0.29, 0.717) is 35.1 Å². The predicted molar refractivity (Wildman–Crippen MR) is 297 cm³/mol. The monoisotopic (exact) mass is 1640 g/mol. The molecule has 0 bridgehead atoms. The summed E-state index contributed by atoms with van der Waals surface area (Å²) in [6.07, 6.45) is 7.29. The first-order chi connectivity index (χ1) is 26.8. The van der Waals surface area contributed by atoms with Crippen molar-refractivity contribution in [3.05, 3.63) is 106 Å². The topological polar surface area (TPSA) is 174 Å². The molecule has 0 aliphatic carbocycles. The third-order valence-electron chi connectivity index (χ3n) is 5.23. The SMILES string of the molecule is CC#CC(=O)OCC.CC(I)(I)I.CC(I)I.CCI.CCOC(=O)c1c(C)nn2ccccc12.C[CH-]I.Cc1nn2ccccc2c1C(=O)O.N.[V].c1cc[nH+]cc1. The van der Waals surface area contributed by atoms with Gasteiger partial charge in [-0.2, -0.15) is 17.1 Å². The van der Waals surface area contributed by atoms with E-state index in [2.05, 4.69) is 211 Å². The number of ether oxygens (including phenoxy) is 2. The van der Waals surface area contributed by atoms with E-state index in [1.54, 1.807) is 62.0 Å². The number of halogens is 7. The van der Waals surface area contributed by atoms with Gasteiger partial charge in [0.25, 0.3) is 0 Å². The standard InChI is InChI=1S/C11H12N2O2.C9H8N2O2.C6H8O2.C5H5N.C2H3I3.C2H4I2.C2H5I.C2H4I.H3N.V/c1-3-15-11(14)10-8(2)12-13-7-5-4-6-9(10)13;1-6-8(9(12)13)7-4-2-3-5-11(7)10-6;1-3-5-6(7)8-4-2;1-2-4-6-5-3-1;1-2(3,4)5;1-2(3)4;2*1-2-3;;/h4-7H,3H2,1-2H3;2-5H,1H3,(H,12,13);4H2,1-2H3;1-5H;1H3;2H,1H3;2H2,1H3;2H,1H3;1H3;/q;;;;;;;-1;;/p+1. The fourth-order valence-corrected chi connectivity index (χ4v) is 3.56. The number of nitrogens with one attached hydrogen (secondary N) is 1. The minimum atomic E-state index is -0.932. The summed E-state index contributed by atoms with van der Waals surface area (Å²) in [5.41, 5.74) is 3.48. The summed E-state index contributed by atoms with van der Waals surface area (Å²) in [5.74, 6) is 2.97. The zero-order valence-corrected chi connectivity index (χ0v) is 50.9. The normalized spacial score (nSPS) is 8.97.